The van der Waals surface area contributed by atoms with E-state index in [1.54, 1.807) is 0 Å². The second-order valence-corrected chi connectivity index (χ2v) is 8.54. The summed E-state index contributed by atoms with van der Waals surface area (Å²) in [4.78, 5) is 17.4. The summed E-state index contributed by atoms with van der Waals surface area (Å²) in [5, 5.41) is 0. The van der Waals surface area contributed by atoms with Crippen molar-refractivity contribution in [2.24, 2.45) is 5.41 Å². The Labute approximate surface area is 161 Å². The fraction of sp³-hybridized carbons (Fsp3) is 0.435. The van der Waals surface area contributed by atoms with Gasteiger partial charge in [0.25, 0.3) is 0 Å². The smallest absolute Gasteiger partial charge is 0.228 e. The summed E-state index contributed by atoms with van der Waals surface area (Å²) in [6, 6.07) is 17.2. The van der Waals surface area contributed by atoms with Crippen LogP contribution < -0.4 is 0 Å². The van der Waals surface area contributed by atoms with Crippen molar-refractivity contribution in [3.63, 3.8) is 0 Å². The summed E-state index contributed by atoms with van der Waals surface area (Å²) in [7, 11) is 0. The van der Waals surface area contributed by atoms with E-state index in [9.17, 15) is 9.18 Å². The van der Waals surface area contributed by atoms with E-state index in [2.05, 4.69) is 24.0 Å². The van der Waals surface area contributed by atoms with Gasteiger partial charge in [-0.1, -0.05) is 63.2 Å². The molecule has 144 valence electrons. The zero-order valence-corrected chi connectivity index (χ0v) is 16.7. The SMILES string of the molecule is C[C@@H]1CN(Cc2ccccc2)[C@@H](c2ccc(F)cc2)CN1C(=O)C(C)(C)C. The first kappa shape index (κ1) is 19.6. The van der Waals surface area contributed by atoms with Gasteiger partial charge in [0.2, 0.25) is 5.91 Å². The number of hydrogen-bond donors (Lipinski definition) is 0. The van der Waals surface area contributed by atoms with Gasteiger partial charge < -0.3 is 4.90 Å². The second-order valence-electron chi connectivity index (χ2n) is 8.54. The predicted octanol–water partition coefficient (Wildman–Crippen LogP) is 4.65. The molecule has 1 amide bonds. The van der Waals surface area contributed by atoms with Gasteiger partial charge in [0.15, 0.2) is 0 Å². The first-order chi connectivity index (χ1) is 12.8. The lowest BCUT2D eigenvalue weighted by atomic mass is 9.91. The topological polar surface area (TPSA) is 23.6 Å². The van der Waals surface area contributed by atoms with E-state index in [1.807, 2.05) is 56.0 Å². The summed E-state index contributed by atoms with van der Waals surface area (Å²) in [6.07, 6.45) is 0. The Bertz CT molecular complexity index is 767. The number of nitrogens with zero attached hydrogens (tertiary/aromatic N) is 2. The third kappa shape index (κ3) is 4.56. The quantitative estimate of drug-likeness (QED) is 0.788. The number of amides is 1. The summed E-state index contributed by atoms with van der Waals surface area (Å²) < 4.78 is 13.4. The van der Waals surface area contributed by atoms with Crippen LogP contribution in [0, 0.1) is 11.2 Å². The van der Waals surface area contributed by atoms with Crippen LogP contribution in [-0.4, -0.2) is 34.8 Å². The average molecular weight is 368 g/mol. The standard InChI is InChI=1S/C23H29FN2O/c1-17-14-25(15-18-8-6-5-7-9-18)21(19-10-12-20(24)13-11-19)16-26(17)22(27)23(2,3)4/h5-13,17,21H,14-16H2,1-4H3/t17-,21-/m1/s1. The number of rotatable bonds is 3. The molecule has 0 bridgehead atoms. The average Bonchev–Trinajstić information content (AvgIpc) is 2.62. The molecular formula is C23H29FN2O. The molecule has 3 rings (SSSR count). The molecule has 4 heteroatoms. The number of carbonyl (C=O) groups is 1. The number of halogens is 1. The van der Waals surface area contributed by atoms with Crippen LogP contribution in [0.1, 0.15) is 44.9 Å². The maximum absolute atomic E-state index is 13.4. The van der Waals surface area contributed by atoms with E-state index in [0.29, 0.717) is 6.54 Å². The van der Waals surface area contributed by atoms with Gasteiger partial charge in [-0.25, -0.2) is 4.39 Å². The van der Waals surface area contributed by atoms with Crippen LogP contribution >= 0.6 is 0 Å². The van der Waals surface area contributed by atoms with Crippen molar-refractivity contribution in [1.29, 1.82) is 0 Å². The lowest BCUT2D eigenvalue weighted by Gasteiger charge is -2.47. The number of benzene rings is 2. The molecule has 2 atom stereocenters. The molecule has 0 aromatic heterocycles. The highest BCUT2D eigenvalue weighted by Gasteiger charge is 2.38. The van der Waals surface area contributed by atoms with Crippen molar-refractivity contribution >= 4 is 5.91 Å². The Kier molecular flexibility index (Phi) is 5.66. The van der Waals surface area contributed by atoms with E-state index in [-0.39, 0.29) is 23.8 Å². The Morgan fingerprint density at radius 1 is 1.04 bits per heavy atom. The van der Waals surface area contributed by atoms with Gasteiger partial charge in [0.1, 0.15) is 5.82 Å². The van der Waals surface area contributed by atoms with Gasteiger partial charge in [-0.05, 0) is 30.2 Å². The fourth-order valence-corrected chi connectivity index (χ4v) is 3.75. The zero-order chi connectivity index (χ0) is 19.6. The predicted molar refractivity (Wildman–Crippen MR) is 107 cm³/mol. The molecule has 0 aliphatic carbocycles. The monoisotopic (exact) mass is 368 g/mol. The normalized spacial score (nSPS) is 21.3. The van der Waals surface area contributed by atoms with Crippen molar-refractivity contribution in [1.82, 2.24) is 9.80 Å². The lowest BCUT2D eigenvalue weighted by molar-refractivity contribution is -0.146. The maximum Gasteiger partial charge on any atom is 0.228 e. The van der Waals surface area contributed by atoms with Gasteiger partial charge >= 0.3 is 0 Å². The summed E-state index contributed by atoms with van der Waals surface area (Å²) in [6.45, 7) is 10.2. The summed E-state index contributed by atoms with van der Waals surface area (Å²) >= 11 is 0. The third-order valence-corrected chi connectivity index (χ3v) is 5.23. The molecule has 3 nitrogen and oxygen atoms in total. The first-order valence-corrected chi connectivity index (χ1v) is 9.60. The Morgan fingerprint density at radius 2 is 1.67 bits per heavy atom. The van der Waals surface area contributed by atoms with Crippen LogP contribution in [0.5, 0.6) is 0 Å². The molecule has 1 aliphatic rings. The molecule has 0 N–H and O–H groups in total. The minimum Gasteiger partial charge on any atom is -0.336 e. The summed E-state index contributed by atoms with van der Waals surface area (Å²) in [5.74, 6) is -0.0679. The highest BCUT2D eigenvalue weighted by atomic mass is 19.1. The molecule has 0 unspecified atom stereocenters. The van der Waals surface area contributed by atoms with Gasteiger partial charge in [-0.2, -0.15) is 0 Å². The van der Waals surface area contributed by atoms with Crippen molar-refractivity contribution < 1.29 is 9.18 Å². The first-order valence-electron chi connectivity index (χ1n) is 9.60. The van der Waals surface area contributed by atoms with Gasteiger partial charge in [0, 0.05) is 31.1 Å². The molecule has 1 aliphatic heterocycles. The van der Waals surface area contributed by atoms with Crippen LogP contribution in [0.2, 0.25) is 0 Å². The number of piperazine rings is 1. The molecule has 1 fully saturated rings. The van der Waals surface area contributed by atoms with Crippen molar-refractivity contribution in [2.75, 3.05) is 13.1 Å². The Hall–Kier alpha value is -2.20. The zero-order valence-electron chi connectivity index (χ0n) is 16.7. The van der Waals surface area contributed by atoms with E-state index in [4.69, 9.17) is 0 Å². The van der Waals surface area contributed by atoms with E-state index >= 15 is 0 Å². The number of carbonyl (C=O) groups excluding carboxylic acids is 1. The van der Waals surface area contributed by atoms with Crippen LogP contribution in [0.15, 0.2) is 54.6 Å². The molecule has 0 radical (unpaired) electrons. The van der Waals surface area contributed by atoms with Crippen LogP contribution in [0.4, 0.5) is 4.39 Å². The minimum atomic E-state index is -0.413. The lowest BCUT2D eigenvalue weighted by Crippen LogP contribution is -2.57. The molecule has 2 aromatic rings. The third-order valence-electron chi connectivity index (χ3n) is 5.23. The van der Waals surface area contributed by atoms with Gasteiger partial charge in [-0.15, -0.1) is 0 Å². The van der Waals surface area contributed by atoms with Gasteiger partial charge in [0.05, 0.1) is 6.04 Å². The highest BCUT2D eigenvalue weighted by Crippen LogP contribution is 2.32. The van der Waals surface area contributed by atoms with Crippen LogP contribution in [0.25, 0.3) is 0 Å². The molecule has 2 aromatic carbocycles. The van der Waals surface area contributed by atoms with Crippen LogP contribution in [0.3, 0.4) is 0 Å². The molecule has 1 heterocycles. The fourth-order valence-electron chi connectivity index (χ4n) is 3.75. The van der Waals surface area contributed by atoms with Crippen LogP contribution in [-0.2, 0) is 11.3 Å². The molecular weight excluding hydrogens is 339 g/mol. The Morgan fingerprint density at radius 3 is 2.26 bits per heavy atom. The molecule has 27 heavy (non-hydrogen) atoms. The van der Waals surface area contributed by atoms with Gasteiger partial charge in [-0.3, -0.25) is 9.69 Å². The highest BCUT2D eigenvalue weighted by molar-refractivity contribution is 5.82. The maximum atomic E-state index is 13.4. The summed E-state index contributed by atoms with van der Waals surface area (Å²) in [5.41, 5.74) is 1.88. The largest absolute Gasteiger partial charge is 0.336 e. The second kappa shape index (κ2) is 7.81. The van der Waals surface area contributed by atoms with Crippen molar-refractivity contribution in [2.45, 2.75) is 46.3 Å². The Balaban J connectivity index is 1.90. The molecule has 0 spiro atoms. The van der Waals surface area contributed by atoms with Crippen molar-refractivity contribution in [3.8, 4) is 0 Å². The van der Waals surface area contributed by atoms with E-state index < -0.39 is 5.41 Å². The van der Waals surface area contributed by atoms with Crippen molar-refractivity contribution in [3.05, 3.63) is 71.5 Å². The number of hydrogen-bond acceptors (Lipinski definition) is 2. The van der Waals surface area contributed by atoms with E-state index in [1.165, 1.54) is 17.7 Å². The molecule has 0 saturated carbocycles. The molecule has 1 saturated heterocycles. The minimum absolute atomic E-state index is 0.0494. The van der Waals surface area contributed by atoms with E-state index in [0.717, 1.165) is 18.7 Å².